The zero-order chi connectivity index (χ0) is 14.4. The molecule has 118 valence electrons. The van der Waals surface area contributed by atoms with Crippen LogP contribution in [-0.2, 0) is 0 Å². The lowest BCUT2D eigenvalue weighted by atomic mass is 9.70. The Kier molecular flexibility index (Phi) is 6.35. The van der Waals surface area contributed by atoms with Crippen molar-refractivity contribution in [3.05, 3.63) is 0 Å². The molecule has 2 aliphatic rings. The molecule has 2 nitrogen and oxygen atoms in total. The summed E-state index contributed by atoms with van der Waals surface area (Å²) in [5, 5.41) is 3.71. The van der Waals surface area contributed by atoms with E-state index in [9.17, 15) is 0 Å². The first-order valence-corrected chi connectivity index (χ1v) is 8.99. The van der Waals surface area contributed by atoms with Crippen LogP contribution in [0.3, 0.4) is 0 Å². The number of likely N-dealkylation sites (tertiary alicyclic amines) is 1. The van der Waals surface area contributed by atoms with Crippen molar-refractivity contribution in [3.63, 3.8) is 0 Å². The summed E-state index contributed by atoms with van der Waals surface area (Å²) in [4.78, 5) is 2.62. The summed E-state index contributed by atoms with van der Waals surface area (Å²) in [6.07, 6.45) is 9.96. The van der Waals surface area contributed by atoms with Crippen LogP contribution in [-0.4, -0.2) is 37.6 Å². The SMILES string of the molecule is CC(C)(C)C1CCC(CNCCCN2CCCC2)CC1. The Morgan fingerprint density at radius 3 is 2.25 bits per heavy atom. The molecule has 2 rings (SSSR count). The van der Waals surface area contributed by atoms with Crippen molar-refractivity contribution in [1.82, 2.24) is 10.2 Å². The predicted octanol–water partition coefficient (Wildman–Crippen LogP) is 3.91. The zero-order valence-corrected chi connectivity index (χ0v) is 14.1. The average Bonchev–Trinajstić information content (AvgIpc) is 2.91. The van der Waals surface area contributed by atoms with Crippen LogP contribution in [0, 0.1) is 17.3 Å². The first-order chi connectivity index (χ1) is 9.55. The number of rotatable bonds is 6. The summed E-state index contributed by atoms with van der Waals surface area (Å²) in [6, 6.07) is 0. The molecule has 1 saturated heterocycles. The molecule has 1 aliphatic carbocycles. The number of hydrogen-bond donors (Lipinski definition) is 1. The van der Waals surface area contributed by atoms with Gasteiger partial charge in [-0.2, -0.15) is 0 Å². The highest BCUT2D eigenvalue weighted by atomic mass is 15.1. The van der Waals surface area contributed by atoms with Gasteiger partial charge >= 0.3 is 0 Å². The minimum absolute atomic E-state index is 0.522. The topological polar surface area (TPSA) is 15.3 Å². The minimum Gasteiger partial charge on any atom is -0.316 e. The maximum atomic E-state index is 3.71. The molecule has 20 heavy (non-hydrogen) atoms. The van der Waals surface area contributed by atoms with Crippen LogP contribution in [0.1, 0.15) is 65.7 Å². The molecule has 0 amide bonds. The van der Waals surface area contributed by atoms with E-state index in [1.807, 2.05) is 0 Å². The first kappa shape index (κ1) is 16.3. The van der Waals surface area contributed by atoms with Crippen LogP contribution < -0.4 is 5.32 Å². The van der Waals surface area contributed by atoms with Crippen molar-refractivity contribution in [1.29, 1.82) is 0 Å². The molecule has 1 N–H and O–H groups in total. The fourth-order valence-corrected chi connectivity index (χ4v) is 3.97. The van der Waals surface area contributed by atoms with E-state index in [1.165, 1.54) is 77.7 Å². The fraction of sp³-hybridized carbons (Fsp3) is 1.00. The van der Waals surface area contributed by atoms with Gasteiger partial charge in [0.05, 0.1) is 0 Å². The largest absolute Gasteiger partial charge is 0.316 e. The molecule has 0 bridgehead atoms. The van der Waals surface area contributed by atoms with Crippen LogP contribution in [0.2, 0.25) is 0 Å². The Balaban J connectivity index is 1.48. The van der Waals surface area contributed by atoms with Gasteiger partial charge in [-0.1, -0.05) is 20.8 Å². The highest BCUT2D eigenvalue weighted by Gasteiger charge is 2.29. The average molecular weight is 280 g/mol. The third-order valence-corrected chi connectivity index (χ3v) is 5.53. The molecule has 0 aromatic carbocycles. The van der Waals surface area contributed by atoms with Gasteiger partial charge in [0, 0.05) is 0 Å². The van der Waals surface area contributed by atoms with Crippen LogP contribution in [0.15, 0.2) is 0 Å². The van der Waals surface area contributed by atoms with E-state index in [2.05, 4.69) is 31.0 Å². The minimum atomic E-state index is 0.522. The molecule has 0 unspecified atom stereocenters. The van der Waals surface area contributed by atoms with E-state index >= 15 is 0 Å². The second-order valence-corrected chi connectivity index (χ2v) is 8.19. The second-order valence-electron chi connectivity index (χ2n) is 8.19. The van der Waals surface area contributed by atoms with Gasteiger partial charge < -0.3 is 10.2 Å². The maximum Gasteiger partial charge on any atom is -0.000664 e. The van der Waals surface area contributed by atoms with Crippen molar-refractivity contribution in [3.8, 4) is 0 Å². The van der Waals surface area contributed by atoms with E-state index in [4.69, 9.17) is 0 Å². The Morgan fingerprint density at radius 2 is 1.65 bits per heavy atom. The van der Waals surface area contributed by atoms with Gasteiger partial charge in [0.25, 0.3) is 0 Å². The Morgan fingerprint density at radius 1 is 1.00 bits per heavy atom. The molecule has 0 radical (unpaired) electrons. The molecule has 0 atom stereocenters. The zero-order valence-electron chi connectivity index (χ0n) is 14.1. The number of nitrogens with zero attached hydrogens (tertiary/aromatic N) is 1. The molecule has 0 spiro atoms. The molecular weight excluding hydrogens is 244 g/mol. The van der Waals surface area contributed by atoms with Crippen LogP contribution in [0.4, 0.5) is 0 Å². The number of hydrogen-bond acceptors (Lipinski definition) is 2. The molecule has 1 heterocycles. The van der Waals surface area contributed by atoms with Crippen molar-refractivity contribution >= 4 is 0 Å². The quantitative estimate of drug-likeness (QED) is 0.742. The van der Waals surface area contributed by atoms with Gasteiger partial charge in [-0.15, -0.1) is 0 Å². The van der Waals surface area contributed by atoms with E-state index in [1.54, 1.807) is 0 Å². The molecule has 0 aromatic heterocycles. The summed E-state index contributed by atoms with van der Waals surface area (Å²) < 4.78 is 0. The normalized spacial score (nSPS) is 28.9. The molecule has 1 saturated carbocycles. The van der Waals surface area contributed by atoms with Crippen LogP contribution in [0.5, 0.6) is 0 Å². The van der Waals surface area contributed by atoms with Crippen LogP contribution >= 0.6 is 0 Å². The summed E-state index contributed by atoms with van der Waals surface area (Å²) in [5.41, 5.74) is 0.522. The maximum absolute atomic E-state index is 3.71. The highest BCUT2D eigenvalue weighted by Crippen LogP contribution is 2.39. The lowest BCUT2D eigenvalue weighted by molar-refractivity contribution is 0.149. The van der Waals surface area contributed by atoms with E-state index in [0.29, 0.717) is 5.41 Å². The number of nitrogens with one attached hydrogen (secondary N) is 1. The van der Waals surface area contributed by atoms with E-state index < -0.39 is 0 Å². The first-order valence-electron chi connectivity index (χ1n) is 8.99. The van der Waals surface area contributed by atoms with Gasteiger partial charge in [-0.05, 0) is 94.9 Å². The molecule has 2 heteroatoms. The third-order valence-electron chi connectivity index (χ3n) is 5.53. The summed E-state index contributed by atoms with van der Waals surface area (Å²) in [5.74, 6) is 1.90. The summed E-state index contributed by atoms with van der Waals surface area (Å²) >= 11 is 0. The van der Waals surface area contributed by atoms with Crippen molar-refractivity contribution in [2.24, 2.45) is 17.3 Å². The Labute approximate surface area is 126 Å². The smallest absolute Gasteiger partial charge is 0.000664 e. The Hall–Kier alpha value is -0.0800. The Bertz CT molecular complexity index is 255. The van der Waals surface area contributed by atoms with Crippen molar-refractivity contribution in [2.75, 3.05) is 32.7 Å². The lowest BCUT2D eigenvalue weighted by Crippen LogP contribution is -2.32. The second kappa shape index (κ2) is 7.79. The van der Waals surface area contributed by atoms with Gasteiger partial charge in [0.2, 0.25) is 0 Å². The lowest BCUT2D eigenvalue weighted by Gasteiger charge is -2.37. The monoisotopic (exact) mass is 280 g/mol. The van der Waals surface area contributed by atoms with Gasteiger partial charge in [-0.3, -0.25) is 0 Å². The molecule has 2 fully saturated rings. The predicted molar refractivity (Wildman–Crippen MR) is 88.1 cm³/mol. The van der Waals surface area contributed by atoms with Crippen LogP contribution in [0.25, 0.3) is 0 Å². The molecule has 1 aliphatic heterocycles. The summed E-state index contributed by atoms with van der Waals surface area (Å²) in [6.45, 7) is 13.7. The van der Waals surface area contributed by atoms with Gasteiger partial charge in [0.15, 0.2) is 0 Å². The van der Waals surface area contributed by atoms with Gasteiger partial charge in [0.1, 0.15) is 0 Å². The van der Waals surface area contributed by atoms with E-state index in [-0.39, 0.29) is 0 Å². The van der Waals surface area contributed by atoms with Gasteiger partial charge in [-0.25, -0.2) is 0 Å². The molecular formula is C18H36N2. The van der Waals surface area contributed by atoms with E-state index in [0.717, 1.165) is 11.8 Å². The fourth-order valence-electron chi connectivity index (χ4n) is 3.97. The highest BCUT2D eigenvalue weighted by molar-refractivity contribution is 4.81. The van der Waals surface area contributed by atoms with Crippen molar-refractivity contribution in [2.45, 2.75) is 65.7 Å². The molecule has 0 aromatic rings. The summed E-state index contributed by atoms with van der Waals surface area (Å²) in [7, 11) is 0. The third kappa shape index (κ3) is 5.37. The standard InChI is InChI=1S/C18H36N2/c1-18(2,3)17-9-7-16(8-10-17)15-19-11-6-14-20-12-4-5-13-20/h16-17,19H,4-15H2,1-3H3. The van der Waals surface area contributed by atoms with Crippen molar-refractivity contribution < 1.29 is 0 Å².